The smallest absolute Gasteiger partial charge is 0.0970 e. The van der Waals surface area contributed by atoms with Crippen molar-refractivity contribution in [2.24, 2.45) is 0 Å². The van der Waals surface area contributed by atoms with E-state index in [0.29, 0.717) is 0 Å². The Bertz CT molecular complexity index is 3450. The van der Waals surface area contributed by atoms with Crippen LogP contribution in [0, 0.1) is 0 Å². The van der Waals surface area contributed by atoms with Gasteiger partial charge in [0.1, 0.15) is 0 Å². The Morgan fingerprint density at radius 3 is 0.800 bits per heavy atom. The molecule has 0 aliphatic rings. The van der Waals surface area contributed by atoms with Crippen LogP contribution in [0.25, 0.3) is 112 Å². The quantitative estimate of drug-likeness (QED) is 0.104. The molecule has 0 fully saturated rings. The molecule has 0 unspecified atom stereocenters. The Hall–Kier alpha value is -9.04. The third-order valence-electron chi connectivity index (χ3n) is 12.5. The van der Waals surface area contributed by atoms with E-state index < -0.39 is 0 Å². The number of rotatable bonds is 9. The zero-order valence-electron chi connectivity index (χ0n) is 42.2. The van der Waals surface area contributed by atoms with Gasteiger partial charge in [0.05, 0.1) is 33.5 Å². The first kappa shape index (κ1) is 50.9. The molecule has 366 valence electrons. The Morgan fingerprint density at radius 2 is 0.547 bits per heavy atom. The van der Waals surface area contributed by atoms with Gasteiger partial charge >= 0.3 is 0 Å². The molecule has 9 heteroatoms. The van der Waals surface area contributed by atoms with E-state index in [4.69, 9.17) is 0 Å². The first-order valence-electron chi connectivity index (χ1n) is 24.5. The molecule has 6 aromatic carbocycles. The third kappa shape index (κ3) is 11.9. The maximum Gasteiger partial charge on any atom is 0.0970 e. The van der Waals surface area contributed by atoms with Gasteiger partial charge in [-0.25, -0.2) is 0 Å². The van der Waals surface area contributed by atoms with E-state index in [9.17, 15) is 0 Å². The summed E-state index contributed by atoms with van der Waals surface area (Å²) >= 11 is 0. The molecule has 0 saturated carbocycles. The summed E-state index contributed by atoms with van der Waals surface area (Å²) in [4.78, 5) is 31.5. The van der Waals surface area contributed by atoms with Gasteiger partial charge in [0.15, 0.2) is 0 Å². The number of fused-ring (bicyclic) bond motifs is 6. The van der Waals surface area contributed by atoms with E-state index in [0.717, 1.165) is 66.1 Å². The molecule has 0 bridgehead atoms. The molecular weight excluding hydrogens is 1010 g/mol. The van der Waals surface area contributed by atoms with E-state index in [1.54, 1.807) is 0 Å². The Morgan fingerprint density at radius 1 is 0.293 bits per heavy atom. The van der Waals surface area contributed by atoms with Gasteiger partial charge in [-0.1, -0.05) is 146 Å². The largest absolute Gasteiger partial charge is 0.383 e. The molecule has 0 saturated heterocycles. The molecule has 12 rings (SSSR count). The fraction of sp³-hybridized carbons (Fsp3) is 0.0606. The Balaban J connectivity index is 0.000000138. The molecule has 6 aromatic heterocycles. The zero-order valence-corrected chi connectivity index (χ0v) is 43.9. The van der Waals surface area contributed by atoms with Crippen molar-refractivity contribution in [2.75, 3.05) is 28.2 Å². The first-order valence-corrected chi connectivity index (χ1v) is 24.5. The van der Waals surface area contributed by atoms with Crippen LogP contribution in [-0.4, -0.2) is 67.9 Å². The van der Waals surface area contributed by atoms with E-state index in [1.165, 1.54) is 44.5 Å². The van der Waals surface area contributed by atoms with Crippen molar-refractivity contribution in [1.82, 2.24) is 39.7 Å². The minimum atomic E-state index is 0. The molecule has 0 radical (unpaired) electrons. The van der Waals surface area contributed by atoms with Gasteiger partial charge in [-0.3, -0.25) is 29.9 Å². The topological polar surface area (TPSA) is 83.8 Å². The summed E-state index contributed by atoms with van der Waals surface area (Å²) in [5.74, 6) is 0. The standard InChI is InChI=1S/2C24H16N2.C18H22N4.Ru/c2*1-3-7-17(8-4-1)19-13-15-25-23-21(19)11-12-22-20(14-16-26-24(22)23)18-9-5-2-6-10-18;1-21(2)11-7-15-5-9-19-17(13-15)18-14-16(6-10-20-18)8-12-22(3)4;/h2*1-16H;5-14H,1-4H3;/b;;11-7+,12-8+;. The molecular formula is C66H54N8Ru. The van der Waals surface area contributed by atoms with Gasteiger partial charge in [-0.05, 0) is 129 Å². The third-order valence-corrected chi connectivity index (χ3v) is 12.5. The van der Waals surface area contributed by atoms with E-state index in [1.807, 2.05) is 136 Å². The molecule has 0 spiro atoms. The Kier molecular flexibility index (Phi) is 16.4. The van der Waals surface area contributed by atoms with Crippen molar-refractivity contribution in [1.29, 1.82) is 0 Å². The zero-order chi connectivity index (χ0) is 50.6. The number of aromatic nitrogens is 6. The molecule has 0 aliphatic heterocycles. The summed E-state index contributed by atoms with van der Waals surface area (Å²) in [5.41, 5.74) is 17.3. The van der Waals surface area contributed by atoms with Crippen LogP contribution in [0.2, 0.25) is 0 Å². The molecule has 0 aliphatic carbocycles. The fourth-order valence-electron chi connectivity index (χ4n) is 8.99. The van der Waals surface area contributed by atoms with Gasteiger partial charge in [0.2, 0.25) is 0 Å². The fourth-order valence-corrected chi connectivity index (χ4v) is 8.99. The summed E-state index contributed by atoms with van der Waals surface area (Å²) < 4.78 is 0. The van der Waals surface area contributed by atoms with Crippen molar-refractivity contribution in [3.8, 4) is 55.9 Å². The normalized spacial score (nSPS) is 11.0. The van der Waals surface area contributed by atoms with Crippen molar-refractivity contribution in [3.05, 3.63) is 255 Å². The maximum absolute atomic E-state index is 4.67. The monoisotopic (exact) mass is 1060 g/mol. The van der Waals surface area contributed by atoms with Crippen molar-refractivity contribution in [2.45, 2.75) is 0 Å². The average molecular weight is 1060 g/mol. The number of nitrogens with zero attached hydrogens (tertiary/aromatic N) is 8. The molecule has 0 N–H and O–H groups in total. The molecule has 6 heterocycles. The molecule has 0 amide bonds. The Labute approximate surface area is 451 Å². The second-order valence-electron chi connectivity index (χ2n) is 18.1. The van der Waals surface area contributed by atoms with Crippen LogP contribution >= 0.6 is 0 Å². The average Bonchev–Trinajstić information content (AvgIpc) is 3.47. The van der Waals surface area contributed by atoms with Crippen LogP contribution in [0.1, 0.15) is 11.1 Å². The number of pyridine rings is 6. The van der Waals surface area contributed by atoms with Gasteiger partial charge in [-0.2, -0.15) is 0 Å². The number of benzene rings is 6. The molecule has 12 aromatic rings. The number of hydrogen-bond acceptors (Lipinski definition) is 8. The van der Waals surface area contributed by atoms with Crippen molar-refractivity contribution in [3.63, 3.8) is 0 Å². The predicted molar refractivity (Wildman–Crippen MR) is 309 cm³/mol. The maximum atomic E-state index is 4.67. The van der Waals surface area contributed by atoms with Crippen LogP contribution in [0.15, 0.2) is 244 Å². The summed E-state index contributed by atoms with van der Waals surface area (Å²) in [6, 6.07) is 66.7. The number of hydrogen-bond donors (Lipinski definition) is 0. The van der Waals surface area contributed by atoms with Crippen LogP contribution in [-0.2, 0) is 19.5 Å². The van der Waals surface area contributed by atoms with Crippen molar-refractivity contribution < 1.29 is 19.5 Å². The van der Waals surface area contributed by atoms with Crippen molar-refractivity contribution >= 4 is 55.8 Å². The van der Waals surface area contributed by atoms with Gasteiger partial charge in [0.25, 0.3) is 0 Å². The van der Waals surface area contributed by atoms with Crippen LogP contribution in [0.3, 0.4) is 0 Å². The van der Waals surface area contributed by atoms with E-state index >= 15 is 0 Å². The predicted octanol–water partition coefficient (Wildman–Crippen LogP) is 15.4. The second-order valence-corrected chi connectivity index (χ2v) is 18.1. The van der Waals surface area contributed by atoms with Gasteiger partial charge < -0.3 is 9.80 Å². The van der Waals surface area contributed by atoms with Crippen LogP contribution in [0.4, 0.5) is 0 Å². The summed E-state index contributed by atoms with van der Waals surface area (Å²) in [6.45, 7) is 0. The molecule has 8 nitrogen and oxygen atoms in total. The van der Waals surface area contributed by atoms with Crippen LogP contribution < -0.4 is 0 Å². The van der Waals surface area contributed by atoms with E-state index in [2.05, 4.69) is 188 Å². The minimum absolute atomic E-state index is 0. The van der Waals surface area contributed by atoms with Gasteiger partial charge in [-0.15, -0.1) is 0 Å². The van der Waals surface area contributed by atoms with Gasteiger partial charge in [0, 0.05) is 106 Å². The second kappa shape index (κ2) is 24.1. The summed E-state index contributed by atoms with van der Waals surface area (Å²) in [7, 11) is 8.00. The SMILES string of the molecule is CN(C)/C=C/c1ccnc(-c2cc(/C=C/N(C)C)ccn2)c1.[Ru].c1ccc(-c2ccnc3c2ccc2c(-c4ccccc4)ccnc23)cc1.c1ccc(-c2ccnc3c2ccc2c(-c4ccccc4)ccnc23)cc1. The van der Waals surface area contributed by atoms with Crippen LogP contribution in [0.5, 0.6) is 0 Å². The van der Waals surface area contributed by atoms with E-state index in [-0.39, 0.29) is 19.5 Å². The summed E-state index contributed by atoms with van der Waals surface area (Å²) in [6.07, 6.45) is 19.3. The minimum Gasteiger partial charge on any atom is -0.383 e. The molecule has 0 atom stereocenters. The first-order chi connectivity index (χ1) is 36.4. The summed E-state index contributed by atoms with van der Waals surface area (Å²) in [5, 5.41) is 4.51. The molecule has 75 heavy (non-hydrogen) atoms.